The van der Waals surface area contributed by atoms with E-state index < -0.39 is 5.91 Å². The van der Waals surface area contributed by atoms with E-state index in [1.54, 1.807) is 37.4 Å². The lowest BCUT2D eigenvalue weighted by Gasteiger charge is -2.07. The largest absolute Gasteiger partial charge is 0.352 e. The predicted molar refractivity (Wildman–Crippen MR) is 122 cm³/mol. The van der Waals surface area contributed by atoms with Gasteiger partial charge in [0.15, 0.2) is 5.69 Å². The minimum absolute atomic E-state index is 0.124. The maximum Gasteiger partial charge on any atom is 0.276 e. The number of carbonyl (C=O) groups excluding carboxylic acids is 2. The minimum Gasteiger partial charge on any atom is -0.352 e. The Morgan fingerprint density at radius 2 is 1.72 bits per heavy atom. The van der Waals surface area contributed by atoms with Crippen LogP contribution in [0.5, 0.6) is 0 Å². The smallest absolute Gasteiger partial charge is 0.276 e. The Balaban J connectivity index is 1.35. The van der Waals surface area contributed by atoms with Gasteiger partial charge in [-0.05, 0) is 50.1 Å². The zero-order valence-electron chi connectivity index (χ0n) is 17.8. The molecule has 3 N–H and O–H groups in total. The number of rotatable bonds is 6. The molecule has 8 heteroatoms. The first kappa shape index (κ1) is 21.0. The molecule has 4 rings (SSSR count). The fourth-order valence-corrected chi connectivity index (χ4v) is 3.31. The highest BCUT2D eigenvalue weighted by molar-refractivity contribution is 6.04. The number of hydrogen-bond acceptors (Lipinski definition) is 4. The standard InChI is InChI=1S/C24H23N5O3/c1-15-3-5-17(6-4-15)11-12-25-22(30)18-7-9-19(10-8-18)27-23(31)20-13-21-24(32)26-16(2)14-29(21)28-20/h3-10,13-14H,11-12H2,1-2H3,(H,25,30)(H,26,32)(H,27,31). The van der Waals surface area contributed by atoms with Crippen molar-refractivity contribution < 1.29 is 9.59 Å². The van der Waals surface area contributed by atoms with Gasteiger partial charge in [0.05, 0.1) is 0 Å². The molecule has 0 radical (unpaired) electrons. The van der Waals surface area contributed by atoms with Crippen molar-refractivity contribution in [3.05, 3.63) is 99.2 Å². The molecule has 0 bridgehead atoms. The molecule has 0 unspecified atom stereocenters. The van der Waals surface area contributed by atoms with Crippen LogP contribution >= 0.6 is 0 Å². The first-order valence-electron chi connectivity index (χ1n) is 10.2. The number of carbonyl (C=O) groups is 2. The highest BCUT2D eigenvalue weighted by atomic mass is 16.2. The number of anilines is 1. The average molecular weight is 429 g/mol. The van der Waals surface area contributed by atoms with Gasteiger partial charge < -0.3 is 15.6 Å². The molecule has 2 heterocycles. The Hall–Kier alpha value is -4.20. The monoisotopic (exact) mass is 429 g/mol. The second-order valence-corrected chi connectivity index (χ2v) is 7.65. The summed E-state index contributed by atoms with van der Waals surface area (Å²) in [7, 11) is 0. The average Bonchev–Trinajstić information content (AvgIpc) is 3.20. The Morgan fingerprint density at radius 3 is 2.44 bits per heavy atom. The van der Waals surface area contributed by atoms with Gasteiger partial charge in [0.1, 0.15) is 5.52 Å². The second-order valence-electron chi connectivity index (χ2n) is 7.65. The van der Waals surface area contributed by atoms with Gasteiger partial charge in [0, 0.05) is 35.8 Å². The molecule has 0 aliphatic carbocycles. The molecule has 0 fully saturated rings. The number of aryl methyl sites for hydroxylation is 2. The summed E-state index contributed by atoms with van der Waals surface area (Å²) in [6.07, 6.45) is 2.39. The maximum absolute atomic E-state index is 12.5. The molecular formula is C24H23N5O3. The van der Waals surface area contributed by atoms with Crippen LogP contribution in [0.3, 0.4) is 0 Å². The molecule has 0 saturated heterocycles. The Labute approximate surface area is 184 Å². The normalized spacial score (nSPS) is 10.8. The van der Waals surface area contributed by atoms with E-state index >= 15 is 0 Å². The van der Waals surface area contributed by atoms with E-state index in [4.69, 9.17) is 0 Å². The van der Waals surface area contributed by atoms with Crippen LogP contribution in [0, 0.1) is 13.8 Å². The number of nitrogens with one attached hydrogen (secondary N) is 3. The van der Waals surface area contributed by atoms with Crippen LogP contribution < -0.4 is 16.2 Å². The topological polar surface area (TPSA) is 108 Å². The van der Waals surface area contributed by atoms with Crippen LogP contribution in [0.1, 0.15) is 37.7 Å². The summed E-state index contributed by atoms with van der Waals surface area (Å²) in [4.78, 5) is 39.5. The van der Waals surface area contributed by atoms with Crippen LogP contribution in [-0.2, 0) is 6.42 Å². The highest BCUT2D eigenvalue weighted by Gasteiger charge is 2.14. The van der Waals surface area contributed by atoms with Crippen molar-refractivity contribution in [2.75, 3.05) is 11.9 Å². The van der Waals surface area contributed by atoms with Crippen molar-refractivity contribution in [3.63, 3.8) is 0 Å². The van der Waals surface area contributed by atoms with E-state index in [0.717, 1.165) is 12.0 Å². The summed E-state index contributed by atoms with van der Waals surface area (Å²) in [5.41, 5.74) is 4.14. The lowest BCUT2D eigenvalue weighted by atomic mass is 10.1. The Morgan fingerprint density at radius 1 is 1.00 bits per heavy atom. The number of fused-ring (bicyclic) bond motifs is 1. The van der Waals surface area contributed by atoms with Gasteiger partial charge >= 0.3 is 0 Å². The summed E-state index contributed by atoms with van der Waals surface area (Å²) in [6, 6.07) is 16.2. The molecule has 0 aliphatic heterocycles. The summed E-state index contributed by atoms with van der Waals surface area (Å²) in [5.74, 6) is -0.619. The maximum atomic E-state index is 12.5. The van der Waals surface area contributed by atoms with Gasteiger partial charge in [0.2, 0.25) is 0 Å². The van der Waals surface area contributed by atoms with E-state index in [1.165, 1.54) is 16.1 Å². The summed E-state index contributed by atoms with van der Waals surface area (Å²) < 4.78 is 1.38. The van der Waals surface area contributed by atoms with Crippen molar-refractivity contribution in [2.24, 2.45) is 0 Å². The zero-order chi connectivity index (χ0) is 22.7. The molecule has 2 aromatic heterocycles. The van der Waals surface area contributed by atoms with Crippen LogP contribution in [-0.4, -0.2) is 33.0 Å². The number of hydrogen-bond donors (Lipinski definition) is 3. The van der Waals surface area contributed by atoms with Crippen molar-refractivity contribution >= 4 is 23.0 Å². The molecule has 0 saturated carbocycles. The molecule has 32 heavy (non-hydrogen) atoms. The predicted octanol–water partition coefficient (Wildman–Crippen LogP) is 2.86. The molecule has 2 amide bonds. The van der Waals surface area contributed by atoms with E-state index in [-0.39, 0.29) is 17.2 Å². The second kappa shape index (κ2) is 8.89. The molecule has 162 valence electrons. The molecule has 0 spiro atoms. The molecule has 0 aliphatic rings. The number of benzene rings is 2. The zero-order valence-corrected chi connectivity index (χ0v) is 17.8. The number of amides is 2. The fourth-order valence-electron chi connectivity index (χ4n) is 3.31. The highest BCUT2D eigenvalue weighted by Crippen LogP contribution is 2.12. The molecular weight excluding hydrogens is 406 g/mol. The number of nitrogens with zero attached hydrogens (tertiary/aromatic N) is 2. The molecule has 4 aromatic rings. The van der Waals surface area contributed by atoms with Gasteiger partial charge in [-0.3, -0.25) is 14.4 Å². The third kappa shape index (κ3) is 4.75. The third-order valence-electron chi connectivity index (χ3n) is 5.05. The van der Waals surface area contributed by atoms with Crippen LogP contribution in [0.25, 0.3) is 5.52 Å². The lowest BCUT2D eigenvalue weighted by Crippen LogP contribution is -2.25. The van der Waals surface area contributed by atoms with Gasteiger partial charge in [-0.15, -0.1) is 0 Å². The first-order valence-corrected chi connectivity index (χ1v) is 10.2. The summed E-state index contributed by atoms with van der Waals surface area (Å²) in [6.45, 7) is 4.31. The minimum atomic E-state index is -0.443. The van der Waals surface area contributed by atoms with E-state index in [9.17, 15) is 14.4 Å². The van der Waals surface area contributed by atoms with Crippen molar-refractivity contribution in [1.29, 1.82) is 0 Å². The van der Waals surface area contributed by atoms with Gasteiger partial charge in [0.25, 0.3) is 17.4 Å². The quantitative estimate of drug-likeness (QED) is 0.438. The van der Waals surface area contributed by atoms with E-state index in [2.05, 4.69) is 45.0 Å². The van der Waals surface area contributed by atoms with E-state index in [1.807, 2.05) is 6.92 Å². The fraction of sp³-hybridized carbons (Fsp3) is 0.167. The van der Waals surface area contributed by atoms with Crippen LogP contribution in [0.15, 0.2) is 65.6 Å². The Bertz CT molecular complexity index is 1340. The van der Waals surface area contributed by atoms with Gasteiger partial charge in [-0.1, -0.05) is 29.8 Å². The van der Waals surface area contributed by atoms with E-state index in [0.29, 0.717) is 29.0 Å². The van der Waals surface area contributed by atoms with Crippen LogP contribution in [0.2, 0.25) is 0 Å². The first-order chi connectivity index (χ1) is 15.4. The SMILES string of the molecule is Cc1ccc(CCNC(=O)c2ccc(NC(=O)c3cc4c(=O)[nH]c(C)cn4n3)cc2)cc1. The summed E-state index contributed by atoms with van der Waals surface area (Å²) in [5, 5.41) is 9.79. The summed E-state index contributed by atoms with van der Waals surface area (Å²) >= 11 is 0. The lowest BCUT2D eigenvalue weighted by molar-refractivity contribution is 0.0953. The molecule has 2 aromatic carbocycles. The van der Waals surface area contributed by atoms with Crippen molar-refractivity contribution in [1.82, 2.24) is 19.9 Å². The number of H-pyrrole nitrogens is 1. The van der Waals surface area contributed by atoms with Gasteiger partial charge in [-0.25, -0.2) is 4.52 Å². The van der Waals surface area contributed by atoms with Gasteiger partial charge in [-0.2, -0.15) is 5.10 Å². The third-order valence-corrected chi connectivity index (χ3v) is 5.05. The number of aromatic amines is 1. The molecule has 0 atom stereocenters. The van der Waals surface area contributed by atoms with Crippen LogP contribution in [0.4, 0.5) is 5.69 Å². The molecule has 8 nitrogen and oxygen atoms in total. The Kier molecular flexibility index (Phi) is 5.85. The van der Waals surface area contributed by atoms with Crippen molar-refractivity contribution in [3.8, 4) is 0 Å². The number of aromatic nitrogens is 3. The van der Waals surface area contributed by atoms with Crippen molar-refractivity contribution in [2.45, 2.75) is 20.3 Å².